The van der Waals surface area contributed by atoms with E-state index in [1.165, 1.54) is 11.3 Å². The van der Waals surface area contributed by atoms with Crippen LogP contribution in [0.5, 0.6) is 0 Å². The minimum Gasteiger partial charge on any atom is -0.381 e. The van der Waals surface area contributed by atoms with Crippen LogP contribution in [0.3, 0.4) is 0 Å². The minimum atomic E-state index is -0.0935. The number of nitrogens with zero attached hydrogens (tertiary/aromatic N) is 2. The zero-order valence-corrected chi connectivity index (χ0v) is 11.6. The highest BCUT2D eigenvalue weighted by atomic mass is 32.1. The van der Waals surface area contributed by atoms with Crippen molar-refractivity contribution in [2.45, 2.75) is 18.4 Å². The Bertz CT molecular complexity index is 386. The number of amides is 1. The molecule has 0 aliphatic carbocycles. The fraction of sp³-hybridized carbons (Fsp3) is 0.667. The van der Waals surface area contributed by atoms with Crippen molar-refractivity contribution >= 4 is 17.2 Å². The normalized spacial score (nSPS) is 18.8. The molecule has 0 spiro atoms. The summed E-state index contributed by atoms with van der Waals surface area (Å²) in [5, 5.41) is 4.75. The van der Waals surface area contributed by atoms with E-state index in [-0.39, 0.29) is 11.4 Å². The maximum Gasteiger partial charge on any atom is 0.270 e. The number of hydrogen-bond acceptors (Lipinski definition) is 5. The lowest BCUT2D eigenvalue weighted by molar-refractivity contribution is -0.00659. The molecule has 0 radical (unpaired) electrons. The molecule has 100 valence electrons. The lowest BCUT2D eigenvalue weighted by Crippen LogP contribution is -2.55. The van der Waals surface area contributed by atoms with Gasteiger partial charge in [0.25, 0.3) is 5.91 Å². The van der Waals surface area contributed by atoms with Crippen LogP contribution in [0.1, 0.15) is 23.3 Å². The zero-order valence-electron chi connectivity index (χ0n) is 10.8. The second kappa shape index (κ2) is 5.77. The molecule has 0 saturated carbocycles. The molecule has 2 heterocycles. The average molecular weight is 269 g/mol. The first-order chi connectivity index (χ1) is 8.64. The molecule has 1 amide bonds. The van der Waals surface area contributed by atoms with Crippen molar-refractivity contribution in [3.63, 3.8) is 0 Å². The van der Waals surface area contributed by atoms with Crippen LogP contribution in [-0.4, -0.2) is 55.2 Å². The third-order valence-corrected chi connectivity index (χ3v) is 4.20. The summed E-state index contributed by atoms with van der Waals surface area (Å²) in [5.74, 6) is -0.0935. The fourth-order valence-electron chi connectivity index (χ4n) is 2.19. The van der Waals surface area contributed by atoms with E-state index in [0.29, 0.717) is 12.2 Å². The van der Waals surface area contributed by atoms with E-state index < -0.39 is 0 Å². The minimum absolute atomic E-state index is 0.00390. The SMILES string of the molecule is CN(C)C1(CNC(=O)c2cscn2)CCOCC1. The maximum atomic E-state index is 11.9. The van der Waals surface area contributed by atoms with Crippen LogP contribution in [0.4, 0.5) is 0 Å². The quantitative estimate of drug-likeness (QED) is 0.885. The lowest BCUT2D eigenvalue weighted by atomic mass is 9.88. The van der Waals surface area contributed by atoms with Gasteiger partial charge >= 0.3 is 0 Å². The van der Waals surface area contributed by atoms with E-state index >= 15 is 0 Å². The van der Waals surface area contributed by atoms with Gasteiger partial charge in [0.05, 0.1) is 5.51 Å². The van der Waals surface area contributed by atoms with Crippen molar-refractivity contribution in [1.82, 2.24) is 15.2 Å². The molecule has 1 N–H and O–H groups in total. The van der Waals surface area contributed by atoms with Crippen molar-refractivity contribution in [3.05, 3.63) is 16.6 Å². The highest BCUT2D eigenvalue weighted by Gasteiger charge is 2.35. The molecule has 1 aliphatic heterocycles. The number of thiazole rings is 1. The van der Waals surface area contributed by atoms with Crippen molar-refractivity contribution < 1.29 is 9.53 Å². The van der Waals surface area contributed by atoms with Gasteiger partial charge in [0, 0.05) is 30.7 Å². The molecule has 0 aromatic carbocycles. The molecule has 2 rings (SSSR count). The summed E-state index contributed by atoms with van der Waals surface area (Å²) in [4.78, 5) is 18.1. The summed E-state index contributed by atoms with van der Waals surface area (Å²) in [5.41, 5.74) is 2.18. The van der Waals surface area contributed by atoms with Crippen LogP contribution in [-0.2, 0) is 4.74 Å². The second-order valence-electron chi connectivity index (χ2n) is 4.79. The highest BCUT2D eigenvalue weighted by Crippen LogP contribution is 2.25. The zero-order chi connectivity index (χ0) is 13.0. The van der Waals surface area contributed by atoms with Crippen molar-refractivity contribution in [2.24, 2.45) is 0 Å². The van der Waals surface area contributed by atoms with E-state index in [4.69, 9.17) is 4.74 Å². The van der Waals surface area contributed by atoms with Gasteiger partial charge in [0.1, 0.15) is 5.69 Å². The largest absolute Gasteiger partial charge is 0.381 e. The van der Waals surface area contributed by atoms with Crippen LogP contribution < -0.4 is 5.32 Å². The van der Waals surface area contributed by atoms with Gasteiger partial charge in [-0.05, 0) is 26.9 Å². The van der Waals surface area contributed by atoms with Gasteiger partial charge in [-0.15, -0.1) is 11.3 Å². The number of likely N-dealkylation sites (N-methyl/N-ethyl adjacent to an activating group) is 1. The Morgan fingerprint density at radius 1 is 1.56 bits per heavy atom. The summed E-state index contributed by atoms with van der Waals surface area (Å²) < 4.78 is 5.40. The van der Waals surface area contributed by atoms with Gasteiger partial charge in [0.15, 0.2) is 0 Å². The fourth-order valence-corrected chi connectivity index (χ4v) is 2.73. The van der Waals surface area contributed by atoms with Crippen LogP contribution in [0, 0.1) is 0 Å². The first-order valence-electron chi connectivity index (χ1n) is 6.06. The monoisotopic (exact) mass is 269 g/mol. The van der Waals surface area contributed by atoms with Crippen LogP contribution in [0.2, 0.25) is 0 Å². The standard InChI is InChI=1S/C12H19N3O2S/c1-15(2)12(3-5-17-6-4-12)8-13-11(16)10-7-18-9-14-10/h7,9H,3-6,8H2,1-2H3,(H,13,16). The average Bonchev–Trinajstić information content (AvgIpc) is 2.91. The van der Waals surface area contributed by atoms with Gasteiger partial charge in [-0.1, -0.05) is 0 Å². The molecular formula is C12H19N3O2S. The molecule has 5 nitrogen and oxygen atoms in total. The van der Waals surface area contributed by atoms with Crippen molar-refractivity contribution in [1.29, 1.82) is 0 Å². The Kier molecular flexibility index (Phi) is 4.31. The third-order valence-electron chi connectivity index (χ3n) is 3.62. The van der Waals surface area contributed by atoms with Gasteiger partial charge in [-0.2, -0.15) is 0 Å². The first kappa shape index (κ1) is 13.5. The molecule has 1 fully saturated rings. The Labute approximate surface area is 111 Å². The number of hydrogen-bond donors (Lipinski definition) is 1. The Morgan fingerprint density at radius 2 is 2.28 bits per heavy atom. The third kappa shape index (κ3) is 2.88. The van der Waals surface area contributed by atoms with Crippen LogP contribution >= 0.6 is 11.3 Å². The summed E-state index contributed by atoms with van der Waals surface area (Å²) in [6, 6.07) is 0. The lowest BCUT2D eigenvalue weighted by Gasteiger charge is -2.42. The molecule has 18 heavy (non-hydrogen) atoms. The molecule has 0 bridgehead atoms. The molecule has 1 aromatic heterocycles. The Balaban J connectivity index is 1.96. The smallest absolute Gasteiger partial charge is 0.270 e. The molecule has 6 heteroatoms. The van der Waals surface area contributed by atoms with Crippen molar-refractivity contribution in [2.75, 3.05) is 33.9 Å². The van der Waals surface area contributed by atoms with E-state index in [2.05, 4.69) is 29.3 Å². The van der Waals surface area contributed by atoms with E-state index in [1.54, 1.807) is 10.9 Å². The van der Waals surface area contributed by atoms with Crippen molar-refractivity contribution in [3.8, 4) is 0 Å². The predicted octanol–water partition coefficient (Wildman–Crippen LogP) is 0.984. The van der Waals surface area contributed by atoms with Gasteiger partial charge < -0.3 is 15.0 Å². The summed E-state index contributed by atoms with van der Waals surface area (Å²) in [6.07, 6.45) is 1.88. The number of nitrogens with one attached hydrogen (secondary N) is 1. The maximum absolute atomic E-state index is 11.9. The molecule has 1 aromatic rings. The van der Waals surface area contributed by atoms with Gasteiger partial charge in [-0.25, -0.2) is 4.98 Å². The molecule has 0 unspecified atom stereocenters. The number of aromatic nitrogens is 1. The van der Waals surface area contributed by atoms with E-state index in [9.17, 15) is 4.79 Å². The topological polar surface area (TPSA) is 54.5 Å². The number of ether oxygens (including phenoxy) is 1. The number of carbonyl (C=O) groups excluding carboxylic acids is 1. The van der Waals surface area contributed by atoms with Crippen LogP contribution in [0.15, 0.2) is 10.9 Å². The molecule has 0 atom stereocenters. The molecular weight excluding hydrogens is 250 g/mol. The number of rotatable bonds is 4. The van der Waals surface area contributed by atoms with Gasteiger partial charge in [0.2, 0.25) is 0 Å². The Hall–Kier alpha value is -0.980. The Morgan fingerprint density at radius 3 is 2.83 bits per heavy atom. The summed E-state index contributed by atoms with van der Waals surface area (Å²) in [6.45, 7) is 2.15. The first-order valence-corrected chi connectivity index (χ1v) is 7.00. The molecule has 1 aliphatic rings. The summed E-state index contributed by atoms with van der Waals surface area (Å²) in [7, 11) is 4.11. The summed E-state index contributed by atoms with van der Waals surface area (Å²) >= 11 is 1.43. The van der Waals surface area contributed by atoms with E-state index in [1.807, 2.05) is 0 Å². The second-order valence-corrected chi connectivity index (χ2v) is 5.51. The van der Waals surface area contributed by atoms with Crippen LogP contribution in [0.25, 0.3) is 0 Å². The van der Waals surface area contributed by atoms with E-state index in [0.717, 1.165) is 26.1 Å². The highest BCUT2D eigenvalue weighted by molar-refractivity contribution is 7.07. The predicted molar refractivity (Wildman–Crippen MR) is 70.9 cm³/mol. The van der Waals surface area contributed by atoms with Gasteiger partial charge in [-0.3, -0.25) is 4.79 Å². The number of carbonyl (C=O) groups is 1. The molecule has 1 saturated heterocycles.